The highest BCUT2D eigenvalue weighted by Crippen LogP contribution is 2.23. The van der Waals surface area contributed by atoms with E-state index >= 15 is 0 Å². The van der Waals surface area contributed by atoms with Gasteiger partial charge in [0.05, 0.1) is 35.1 Å². The molecule has 2 aromatic rings. The van der Waals surface area contributed by atoms with Crippen molar-refractivity contribution in [2.24, 2.45) is 0 Å². The topological polar surface area (TPSA) is 91.0 Å². The van der Waals surface area contributed by atoms with Crippen LogP contribution in [0.1, 0.15) is 30.4 Å². The molecule has 1 aromatic carbocycles. The summed E-state index contributed by atoms with van der Waals surface area (Å²) in [7, 11) is 0. The van der Waals surface area contributed by atoms with Crippen molar-refractivity contribution in [1.29, 1.82) is 5.26 Å². The average Bonchev–Trinajstić information content (AvgIpc) is 2.90. The maximum atomic E-state index is 12.1. The van der Waals surface area contributed by atoms with E-state index in [1.54, 1.807) is 31.2 Å². The molecule has 6 heteroatoms. The van der Waals surface area contributed by atoms with Gasteiger partial charge in [0.15, 0.2) is 0 Å². The molecular formula is C16H18N4O2. The maximum Gasteiger partial charge on any atom is 0.230 e. The Kier molecular flexibility index (Phi) is 5.15. The Balaban J connectivity index is 2.12. The molecule has 22 heavy (non-hydrogen) atoms. The third kappa shape index (κ3) is 4.09. The van der Waals surface area contributed by atoms with Crippen LogP contribution in [0.4, 0.5) is 11.4 Å². The summed E-state index contributed by atoms with van der Waals surface area (Å²) in [6.07, 6.45) is 1.09. The number of rotatable bonds is 6. The summed E-state index contributed by atoms with van der Waals surface area (Å²) in [6, 6.07) is 8.96. The lowest BCUT2D eigenvalue weighted by atomic mass is 10.1. The zero-order valence-electron chi connectivity index (χ0n) is 12.6. The lowest BCUT2D eigenvalue weighted by Crippen LogP contribution is -2.16. The van der Waals surface area contributed by atoms with Crippen LogP contribution in [0.3, 0.4) is 0 Å². The van der Waals surface area contributed by atoms with E-state index in [4.69, 9.17) is 9.78 Å². The first-order valence-electron chi connectivity index (χ1n) is 7.12. The van der Waals surface area contributed by atoms with Crippen molar-refractivity contribution < 1.29 is 9.32 Å². The number of nitrogens with zero attached hydrogens (tertiary/aromatic N) is 2. The molecule has 114 valence electrons. The quantitative estimate of drug-likeness (QED) is 0.855. The van der Waals surface area contributed by atoms with E-state index in [1.807, 2.05) is 0 Å². The van der Waals surface area contributed by atoms with Crippen LogP contribution in [0.5, 0.6) is 0 Å². The molecule has 1 heterocycles. The number of aryl methyl sites for hydroxylation is 1. The minimum Gasteiger partial charge on any atom is -0.383 e. The normalized spacial score (nSPS) is 10.0. The zero-order valence-corrected chi connectivity index (χ0v) is 12.6. The molecule has 2 rings (SSSR count). The second-order valence-electron chi connectivity index (χ2n) is 4.95. The lowest BCUT2D eigenvalue weighted by Gasteiger charge is -2.12. The van der Waals surface area contributed by atoms with Crippen molar-refractivity contribution >= 4 is 17.3 Å². The molecule has 0 aliphatic carbocycles. The van der Waals surface area contributed by atoms with Crippen LogP contribution in [-0.2, 0) is 11.2 Å². The summed E-state index contributed by atoms with van der Waals surface area (Å²) in [6.45, 7) is 4.62. The number of carbonyl (C=O) groups is 1. The zero-order chi connectivity index (χ0) is 15.9. The van der Waals surface area contributed by atoms with E-state index in [0.717, 1.165) is 18.7 Å². The van der Waals surface area contributed by atoms with Crippen LogP contribution in [-0.4, -0.2) is 17.6 Å². The van der Waals surface area contributed by atoms with Crippen molar-refractivity contribution in [3.05, 3.63) is 41.3 Å². The highest BCUT2D eigenvalue weighted by atomic mass is 16.5. The summed E-state index contributed by atoms with van der Waals surface area (Å²) in [4.78, 5) is 12.1. The van der Waals surface area contributed by atoms with E-state index in [0.29, 0.717) is 22.7 Å². The minimum atomic E-state index is -0.206. The molecule has 0 saturated carbocycles. The summed E-state index contributed by atoms with van der Waals surface area (Å²) in [5.74, 6) is 0.461. The van der Waals surface area contributed by atoms with Crippen LogP contribution in [0, 0.1) is 18.3 Å². The van der Waals surface area contributed by atoms with Crippen LogP contribution in [0.15, 0.2) is 28.8 Å². The molecular weight excluding hydrogens is 280 g/mol. The molecule has 6 nitrogen and oxygen atoms in total. The molecule has 1 aromatic heterocycles. The Morgan fingerprint density at radius 1 is 1.36 bits per heavy atom. The van der Waals surface area contributed by atoms with E-state index in [1.165, 1.54) is 0 Å². The lowest BCUT2D eigenvalue weighted by molar-refractivity contribution is -0.115. The average molecular weight is 298 g/mol. The minimum absolute atomic E-state index is 0.126. The SMILES string of the molecule is CCCNc1ccc(C#N)cc1NC(=O)Cc1cc(C)on1. The van der Waals surface area contributed by atoms with Crippen molar-refractivity contribution in [2.75, 3.05) is 17.2 Å². The number of carbonyl (C=O) groups excluding carboxylic acids is 1. The molecule has 2 N–H and O–H groups in total. The highest BCUT2D eigenvalue weighted by Gasteiger charge is 2.11. The van der Waals surface area contributed by atoms with Gasteiger partial charge in [0.1, 0.15) is 5.76 Å². The van der Waals surface area contributed by atoms with Gasteiger partial charge >= 0.3 is 0 Å². The van der Waals surface area contributed by atoms with Gasteiger partial charge in [0, 0.05) is 12.6 Å². The largest absolute Gasteiger partial charge is 0.383 e. The van der Waals surface area contributed by atoms with Crippen molar-refractivity contribution in [3.63, 3.8) is 0 Å². The van der Waals surface area contributed by atoms with Gasteiger partial charge in [-0.2, -0.15) is 5.26 Å². The third-order valence-corrected chi connectivity index (χ3v) is 3.01. The number of hydrogen-bond donors (Lipinski definition) is 2. The molecule has 0 spiro atoms. The Bertz CT molecular complexity index is 700. The Hall–Kier alpha value is -2.81. The van der Waals surface area contributed by atoms with E-state index in [2.05, 4.69) is 28.8 Å². The van der Waals surface area contributed by atoms with Crippen molar-refractivity contribution in [3.8, 4) is 6.07 Å². The molecule has 1 amide bonds. The first-order chi connectivity index (χ1) is 10.6. The van der Waals surface area contributed by atoms with Gasteiger partial charge in [0.2, 0.25) is 5.91 Å². The molecule has 0 bridgehead atoms. The molecule has 0 radical (unpaired) electrons. The Morgan fingerprint density at radius 3 is 2.82 bits per heavy atom. The van der Waals surface area contributed by atoms with E-state index in [-0.39, 0.29) is 12.3 Å². The monoisotopic (exact) mass is 298 g/mol. The van der Waals surface area contributed by atoms with Gasteiger partial charge in [-0.1, -0.05) is 12.1 Å². The number of benzene rings is 1. The van der Waals surface area contributed by atoms with Crippen LogP contribution < -0.4 is 10.6 Å². The van der Waals surface area contributed by atoms with Gasteiger partial charge in [0.25, 0.3) is 0 Å². The molecule has 0 unspecified atom stereocenters. The fourth-order valence-electron chi connectivity index (χ4n) is 1.99. The van der Waals surface area contributed by atoms with Crippen LogP contribution in [0.25, 0.3) is 0 Å². The molecule has 0 aliphatic heterocycles. The number of anilines is 2. The molecule has 0 fully saturated rings. The van der Waals surface area contributed by atoms with Crippen LogP contribution >= 0.6 is 0 Å². The van der Waals surface area contributed by atoms with Gasteiger partial charge in [-0.25, -0.2) is 0 Å². The second kappa shape index (κ2) is 7.27. The van der Waals surface area contributed by atoms with Gasteiger partial charge < -0.3 is 15.2 Å². The van der Waals surface area contributed by atoms with E-state index in [9.17, 15) is 4.79 Å². The molecule has 0 aliphatic rings. The summed E-state index contributed by atoms with van der Waals surface area (Å²) in [5, 5.41) is 18.8. The van der Waals surface area contributed by atoms with Gasteiger partial charge in [-0.05, 0) is 31.5 Å². The summed E-state index contributed by atoms with van der Waals surface area (Å²) in [5.41, 5.74) is 2.47. The Morgan fingerprint density at radius 2 is 2.18 bits per heavy atom. The molecule has 0 saturated heterocycles. The number of nitriles is 1. The van der Waals surface area contributed by atoms with Gasteiger partial charge in [-0.15, -0.1) is 0 Å². The van der Waals surface area contributed by atoms with E-state index < -0.39 is 0 Å². The number of amides is 1. The van der Waals surface area contributed by atoms with Crippen molar-refractivity contribution in [2.45, 2.75) is 26.7 Å². The predicted molar refractivity (Wildman–Crippen MR) is 83.5 cm³/mol. The van der Waals surface area contributed by atoms with Crippen molar-refractivity contribution in [1.82, 2.24) is 5.16 Å². The second-order valence-corrected chi connectivity index (χ2v) is 4.95. The third-order valence-electron chi connectivity index (χ3n) is 3.01. The first-order valence-corrected chi connectivity index (χ1v) is 7.12. The highest BCUT2D eigenvalue weighted by molar-refractivity contribution is 5.95. The Labute approximate surface area is 129 Å². The fourth-order valence-corrected chi connectivity index (χ4v) is 1.99. The summed E-state index contributed by atoms with van der Waals surface area (Å²) < 4.78 is 4.94. The molecule has 0 atom stereocenters. The standard InChI is InChI=1S/C16H18N4O2/c1-3-6-18-14-5-4-12(10-17)8-15(14)19-16(21)9-13-7-11(2)22-20-13/h4-5,7-8,18H,3,6,9H2,1-2H3,(H,19,21). The van der Waals surface area contributed by atoms with Crippen LogP contribution in [0.2, 0.25) is 0 Å². The number of hydrogen-bond acceptors (Lipinski definition) is 5. The fraction of sp³-hybridized carbons (Fsp3) is 0.312. The predicted octanol–water partition coefficient (Wildman–Crippen LogP) is 2.86. The van der Waals surface area contributed by atoms with Gasteiger partial charge in [-0.3, -0.25) is 4.79 Å². The maximum absolute atomic E-state index is 12.1. The summed E-state index contributed by atoms with van der Waals surface area (Å²) >= 11 is 0. The number of nitrogens with one attached hydrogen (secondary N) is 2. The smallest absolute Gasteiger partial charge is 0.230 e. The number of aromatic nitrogens is 1. The first kappa shape index (κ1) is 15.6.